The summed E-state index contributed by atoms with van der Waals surface area (Å²) in [6, 6.07) is 5.79. The first-order chi connectivity index (χ1) is 6.95. The minimum absolute atomic E-state index is 0. The molecule has 4 N–H and O–H groups in total. The summed E-state index contributed by atoms with van der Waals surface area (Å²) in [6.45, 7) is 1.92. The van der Waals surface area contributed by atoms with Crippen LogP contribution in [0.2, 0.25) is 0 Å². The molecule has 1 aromatic rings. The molecular weight excluding hydrogens is 395 g/mol. The number of hydrogen-bond acceptors (Lipinski definition) is 4. The van der Waals surface area contributed by atoms with Crippen LogP contribution in [0.3, 0.4) is 0 Å². The van der Waals surface area contributed by atoms with E-state index in [1.807, 2.05) is 25.1 Å². The average molecular weight is 407 g/mol. The van der Waals surface area contributed by atoms with E-state index in [2.05, 4.69) is 4.98 Å². The Morgan fingerprint density at radius 2 is 1.81 bits per heavy atom. The molecule has 0 bridgehead atoms. The largest absolute Gasteiger partial charge is 0.473 e. The molecule has 0 fully saturated rings. The summed E-state index contributed by atoms with van der Waals surface area (Å²) in [5.41, 5.74) is 6.49. The fourth-order valence-electron chi connectivity index (χ4n) is 0.645. The van der Waals surface area contributed by atoms with Gasteiger partial charge >= 0.3 is 11.9 Å². The minimum Gasteiger partial charge on any atom is -0.473 e. The summed E-state index contributed by atoms with van der Waals surface area (Å²) in [4.78, 5) is 22.3. The van der Waals surface area contributed by atoms with Crippen LogP contribution in [-0.4, -0.2) is 27.1 Å². The summed E-state index contributed by atoms with van der Waals surface area (Å²) in [5.74, 6) is -3.65. The molecule has 0 saturated heterocycles. The molecule has 0 saturated carbocycles. The molecule has 1 heterocycles. The van der Waals surface area contributed by atoms with Gasteiger partial charge in [-0.25, -0.2) is 9.59 Å². The molecule has 1 atom stereocenters. The van der Waals surface area contributed by atoms with E-state index in [1.165, 1.54) is 0 Å². The van der Waals surface area contributed by atoms with Gasteiger partial charge in [0.1, 0.15) is 0 Å². The van der Waals surface area contributed by atoms with Crippen LogP contribution >= 0.6 is 0 Å². The Bertz CT molecular complexity index is 318. The smallest absolute Gasteiger partial charge is 0.414 e. The first-order valence-corrected chi connectivity index (χ1v) is 4.08. The third kappa shape index (κ3) is 8.08. The molecule has 0 aliphatic rings. The van der Waals surface area contributed by atoms with E-state index in [0.29, 0.717) is 0 Å². The van der Waals surface area contributed by atoms with E-state index in [0.717, 1.165) is 5.69 Å². The molecule has 16 heavy (non-hydrogen) atoms. The van der Waals surface area contributed by atoms with Crippen molar-refractivity contribution in [2.75, 3.05) is 0 Å². The van der Waals surface area contributed by atoms with E-state index < -0.39 is 11.9 Å². The number of aliphatic carboxylic acids is 2. The molecule has 6 nitrogen and oxygen atoms in total. The van der Waals surface area contributed by atoms with Gasteiger partial charge in [0.05, 0.1) is 5.69 Å². The number of aromatic nitrogens is 1. The molecule has 0 aliphatic carbocycles. The summed E-state index contributed by atoms with van der Waals surface area (Å²) in [6.07, 6.45) is 1.75. The van der Waals surface area contributed by atoms with Crippen molar-refractivity contribution in [3.8, 4) is 0 Å². The van der Waals surface area contributed by atoms with Gasteiger partial charge in [-0.15, -0.1) is 0 Å². The first-order valence-electron chi connectivity index (χ1n) is 4.08. The van der Waals surface area contributed by atoms with Crippen LogP contribution in [0.1, 0.15) is 18.7 Å². The van der Waals surface area contributed by atoms with Crippen LogP contribution in [0, 0.1) is 0 Å². The molecule has 0 aliphatic heterocycles. The number of nitrogens with two attached hydrogens (primary N) is 1. The molecule has 1 unspecified atom stereocenters. The van der Waals surface area contributed by atoms with Gasteiger partial charge in [0.15, 0.2) is 0 Å². The number of nitrogens with zero attached hydrogens (tertiary/aromatic N) is 1. The number of pyridine rings is 1. The van der Waals surface area contributed by atoms with Crippen LogP contribution in [0.15, 0.2) is 24.4 Å². The van der Waals surface area contributed by atoms with E-state index in [9.17, 15) is 0 Å². The van der Waals surface area contributed by atoms with E-state index in [4.69, 9.17) is 25.5 Å². The van der Waals surface area contributed by atoms with Gasteiger partial charge in [-0.3, -0.25) is 4.98 Å². The summed E-state index contributed by atoms with van der Waals surface area (Å²) >= 11 is 0. The second-order valence-electron chi connectivity index (χ2n) is 2.65. The van der Waals surface area contributed by atoms with Crippen molar-refractivity contribution in [3.63, 3.8) is 0 Å². The van der Waals surface area contributed by atoms with Crippen molar-refractivity contribution in [3.05, 3.63) is 30.1 Å². The maximum absolute atomic E-state index is 9.10. The Kier molecular flexibility index (Phi) is 9.64. The third-order valence-electron chi connectivity index (χ3n) is 1.34. The number of carboxylic acid groups (broad SMARTS) is 2. The van der Waals surface area contributed by atoms with Crippen LogP contribution < -0.4 is 5.73 Å². The minimum atomic E-state index is -1.82. The van der Waals surface area contributed by atoms with Crippen molar-refractivity contribution in [1.29, 1.82) is 0 Å². The Morgan fingerprint density at radius 1 is 1.31 bits per heavy atom. The molecule has 0 spiro atoms. The monoisotopic (exact) mass is 407 g/mol. The second kappa shape index (κ2) is 9.00. The van der Waals surface area contributed by atoms with Crippen molar-refractivity contribution >= 4 is 11.9 Å². The quantitative estimate of drug-likeness (QED) is 0.576. The zero-order chi connectivity index (χ0) is 11.8. The second-order valence-corrected chi connectivity index (χ2v) is 2.65. The van der Waals surface area contributed by atoms with Gasteiger partial charge in [0.25, 0.3) is 0 Å². The average Bonchev–Trinajstić information content (AvgIpc) is 2.20. The number of rotatable bonds is 1. The van der Waals surface area contributed by atoms with Crippen molar-refractivity contribution < 1.29 is 40.9 Å². The number of hydrogen-bond donors (Lipinski definition) is 3. The van der Waals surface area contributed by atoms with Gasteiger partial charge < -0.3 is 15.9 Å². The fourth-order valence-corrected chi connectivity index (χ4v) is 0.645. The Hall–Kier alpha value is -1.26. The number of carbonyl (C=O) groups is 2. The van der Waals surface area contributed by atoms with Crippen molar-refractivity contribution in [1.82, 2.24) is 4.98 Å². The molecule has 0 aromatic carbocycles. The van der Waals surface area contributed by atoms with Gasteiger partial charge in [0, 0.05) is 33.3 Å². The van der Waals surface area contributed by atoms with Gasteiger partial charge in [-0.1, -0.05) is 6.07 Å². The Labute approximate surface area is 107 Å². The predicted molar refractivity (Wildman–Crippen MR) is 52.1 cm³/mol. The Morgan fingerprint density at radius 3 is 2.00 bits per heavy atom. The maximum atomic E-state index is 9.10. The van der Waals surface area contributed by atoms with Gasteiger partial charge in [0.2, 0.25) is 0 Å². The number of carboxylic acids is 2. The van der Waals surface area contributed by atoms with E-state index in [1.54, 1.807) is 6.20 Å². The van der Waals surface area contributed by atoms with Gasteiger partial charge in [-0.05, 0) is 19.1 Å². The molecule has 1 rings (SSSR count). The zero-order valence-electron chi connectivity index (χ0n) is 8.44. The first kappa shape index (κ1) is 17.1. The predicted octanol–water partition coefficient (Wildman–Crippen LogP) is 0.254. The van der Waals surface area contributed by atoms with Crippen LogP contribution in [0.25, 0.3) is 0 Å². The third-order valence-corrected chi connectivity index (χ3v) is 1.34. The topological polar surface area (TPSA) is 114 Å². The molecule has 0 amide bonds. The van der Waals surface area contributed by atoms with Crippen LogP contribution in [0.4, 0.5) is 0 Å². The SMILES string of the molecule is CC(N)c1ccccn1.O=C(O)C(=O)O.[Pt]. The maximum Gasteiger partial charge on any atom is 0.414 e. The van der Waals surface area contributed by atoms with Crippen molar-refractivity contribution in [2.45, 2.75) is 13.0 Å². The standard InChI is InChI=1S/C7H10N2.C2H2O4.Pt/c1-6(8)7-4-2-3-5-9-7;3-1(4)2(5)6;/h2-6H,8H2,1H3;(H,3,4)(H,5,6);. The van der Waals surface area contributed by atoms with Crippen molar-refractivity contribution in [2.24, 2.45) is 5.73 Å². The summed E-state index contributed by atoms with van der Waals surface area (Å²) in [7, 11) is 0. The van der Waals surface area contributed by atoms with E-state index >= 15 is 0 Å². The molecule has 1 aromatic heterocycles. The summed E-state index contributed by atoms with van der Waals surface area (Å²) < 4.78 is 0. The molecule has 92 valence electrons. The molecular formula is C9H12N2O4Pt. The molecule has 7 heteroatoms. The van der Waals surface area contributed by atoms with Crippen LogP contribution in [0.5, 0.6) is 0 Å². The summed E-state index contributed by atoms with van der Waals surface area (Å²) in [5, 5.41) is 14.8. The van der Waals surface area contributed by atoms with E-state index in [-0.39, 0.29) is 27.1 Å². The Balaban J connectivity index is 0. The van der Waals surface area contributed by atoms with Crippen LogP contribution in [-0.2, 0) is 30.7 Å². The fraction of sp³-hybridized carbons (Fsp3) is 0.222. The normalized spacial score (nSPS) is 10.1. The zero-order valence-corrected chi connectivity index (χ0v) is 10.7. The van der Waals surface area contributed by atoms with Gasteiger partial charge in [-0.2, -0.15) is 0 Å². The molecule has 0 radical (unpaired) electrons.